The second-order valence-corrected chi connectivity index (χ2v) is 5.25. The first-order valence-electron chi connectivity index (χ1n) is 6.85. The molecule has 1 aliphatic rings. The molecule has 16 heavy (non-hydrogen) atoms. The van der Waals surface area contributed by atoms with Gasteiger partial charge in [-0.1, -0.05) is 13.3 Å². The number of nitrogens with two attached hydrogens (primary N) is 1. The van der Waals surface area contributed by atoms with E-state index in [1.54, 1.807) is 0 Å². The van der Waals surface area contributed by atoms with Gasteiger partial charge in [-0.3, -0.25) is 4.90 Å². The minimum atomic E-state index is 0.371. The maximum absolute atomic E-state index is 5.75. The Bertz CT molecular complexity index is 182. The third kappa shape index (κ3) is 4.81. The number of hydrogen-bond donors (Lipinski definition) is 1. The summed E-state index contributed by atoms with van der Waals surface area (Å²) in [4.78, 5) is 5.18. The highest BCUT2D eigenvalue weighted by molar-refractivity contribution is 4.78. The standard InChI is InChI=1S/C13H29N3/c1-4-16-10-9-15(11-13(16)3)8-6-5-7-12(2)14/h12-13H,4-11,14H2,1-3H3. The van der Waals surface area contributed by atoms with Crippen molar-refractivity contribution in [2.45, 2.75) is 52.1 Å². The number of nitrogens with zero attached hydrogens (tertiary/aromatic N) is 2. The molecule has 3 nitrogen and oxygen atoms in total. The lowest BCUT2D eigenvalue weighted by Crippen LogP contribution is -2.51. The van der Waals surface area contributed by atoms with Gasteiger partial charge in [0.25, 0.3) is 0 Å². The number of likely N-dealkylation sites (N-methyl/N-ethyl adjacent to an activating group) is 1. The van der Waals surface area contributed by atoms with Crippen LogP contribution in [0.25, 0.3) is 0 Å². The van der Waals surface area contributed by atoms with Gasteiger partial charge >= 0.3 is 0 Å². The van der Waals surface area contributed by atoms with Gasteiger partial charge in [-0.15, -0.1) is 0 Å². The third-order valence-corrected chi connectivity index (χ3v) is 3.64. The van der Waals surface area contributed by atoms with Crippen molar-refractivity contribution in [1.29, 1.82) is 0 Å². The van der Waals surface area contributed by atoms with Crippen molar-refractivity contribution >= 4 is 0 Å². The van der Waals surface area contributed by atoms with E-state index in [1.165, 1.54) is 52.0 Å². The molecule has 96 valence electrons. The summed E-state index contributed by atoms with van der Waals surface area (Å²) in [7, 11) is 0. The summed E-state index contributed by atoms with van der Waals surface area (Å²) in [6.07, 6.45) is 3.75. The molecular weight excluding hydrogens is 198 g/mol. The first kappa shape index (κ1) is 13.9. The predicted molar refractivity (Wildman–Crippen MR) is 70.6 cm³/mol. The fourth-order valence-corrected chi connectivity index (χ4v) is 2.55. The normalized spacial score (nSPS) is 25.9. The average molecular weight is 227 g/mol. The molecule has 1 heterocycles. The highest BCUT2D eigenvalue weighted by Crippen LogP contribution is 2.10. The Labute approximate surface area is 101 Å². The molecule has 0 aromatic carbocycles. The summed E-state index contributed by atoms with van der Waals surface area (Å²) in [6.45, 7) is 12.9. The molecule has 2 N–H and O–H groups in total. The molecule has 0 saturated carbocycles. The van der Waals surface area contributed by atoms with Crippen molar-refractivity contribution in [3.05, 3.63) is 0 Å². The molecule has 0 aromatic rings. The Morgan fingerprint density at radius 3 is 2.62 bits per heavy atom. The average Bonchev–Trinajstić information content (AvgIpc) is 2.24. The maximum atomic E-state index is 5.75. The molecular formula is C13H29N3. The summed E-state index contributed by atoms with van der Waals surface area (Å²) >= 11 is 0. The van der Waals surface area contributed by atoms with Crippen LogP contribution in [0.3, 0.4) is 0 Å². The van der Waals surface area contributed by atoms with Gasteiger partial charge in [0, 0.05) is 31.7 Å². The van der Waals surface area contributed by atoms with Crippen molar-refractivity contribution < 1.29 is 0 Å². The first-order valence-corrected chi connectivity index (χ1v) is 6.85. The van der Waals surface area contributed by atoms with Gasteiger partial charge in [0.1, 0.15) is 0 Å². The lowest BCUT2D eigenvalue weighted by Gasteiger charge is -2.39. The summed E-state index contributed by atoms with van der Waals surface area (Å²) in [5, 5.41) is 0. The van der Waals surface area contributed by atoms with E-state index in [4.69, 9.17) is 5.73 Å². The van der Waals surface area contributed by atoms with Crippen LogP contribution in [-0.4, -0.2) is 54.6 Å². The molecule has 0 radical (unpaired) electrons. The van der Waals surface area contributed by atoms with E-state index in [9.17, 15) is 0 Å². The van der Waals surface area contributed by atoms with Crippen LogP contribution in [0.1, 0.15) is 40.0 Å². The van der Waals surface area contributed by atoms with Crippen LogP contribution in [0.4, 0.5) is 0 Å². The minimum absolute atomic E-state index is 0.371. The SMILES string of the molecule is CCN1CCN(CCCCC(C)N)CC1C. The summed E-state index contributed by atoms with van der Waals surface area (Å²) in [6, 6.07) is 1.10. The predicted octanol–water partition coefficient (Wildman–Crippen LogP) is 1.53. The Hall–Kier alpha value is -0.120. The molecule has 0 spiro atoms. The second-order valence-electron chi connectivity index (χ2n) is 5.25. The summed E-state index contributed by atoms with van der Waals surface area (Å²) in [5.41, 5.74) is 5.75. The lowest BCUT2D eigenvalue weighted by molar-refractivity contribution is 0.0868. The molecule has 0 amide bonds. The van der Waals surface area contributed by atoms with Crippen molar-refractivity contribution in [2.24, 2.45) is 5.73 Å². The fraction of sp³-hybridized carbons (Fsp3) is 1.00. The van der Waals surface area contributed by atoms with Gasteiger partial charge in [0.2, 0.25) is 0 Å². The molecule has 0 aromatic heterocycles. The second kappa shape index (κ2) is 7.25. The molecule has 0 bridgehead atoms. The molecule has 1 aliphatic heterocycles. The molecule has 1 saturated heterocycles. The maximum Gasteiger partial charge on any atom is 0.0195 e. The molecule has 1 fully saturated rings. The number of piperazine rings is 1. The summed E-state index contributed by atoms with van der Waals surface area (Å²) in [5.74, 6) is 0. The zero-order chi connectivity index (χ0) is 12.0. The highest BCUT2D eigenvalue weighted by atomic mass is 15.3. The van der Waals surface area contributed by atoms with Crippen LogP contribution >= 0.6 is 0 Å². The van der Waals surface area contributed by atoms with Gasteiger partial charge in [-0.05, 0) is 39.8 Å². The topological polar surface area (TPSA) is 32.5 Å². The van der Waals surface area contributed by atoms with Crippen molar-refractivity contribution in [3.8, 4) is 0 Å². The number of rotatable bonds is 6. The van der Waals surface area contributed by atoms with Gasteiger partial charge in [-0.2, -0.15) is 0 Å². The van der Waals surface area contributed by atoms with Crippen LogP contribution in [0.15, 0.2) is 0 Å². The molecule has 2 unspecified atom stereocenters. The molecule has 1 rings (SSSR count). The van der Waals surface area contributed by atoms with Crippen molar-refractivity contribution in [2.75, 3.05) is 32.7 Å². The van der Waals surface area contributed by atoms with Gasteiger partial charge in [0.15, 0.2) is 0 Å². The molecule has 3 heteroatoms. The first-order chi connectivity index (χ1) is 7.63. The van der Waals surface area contributed by atoms with Gasteiger partial charge < -0.3 is 10.6 Å². The van der Waals surface area contributed by atoms with E-state index >= 15 is 0 Å². The van der Waals surface area contributed by atoms with Crippen molar-refractivity contribution in [1.82, 2.24) is 9.80 Å². The van der Waals surface area contributed by atoms with Gasteiger partial charge in [-0.25, -0.2) is 0 Å². The monoisotopic (exact) mass is 227 g/mol. The third-order valence-electron chi connectivity index (χ3n) is 3.64. The Morgan fingerprint density at radius 1 is 1.31 bits per heavy atom. The van der Waals surface area contributed by atoms with Crippen LogP contribution in [0, 0.1) is 0 Å². The van der Waals surface area contributed by atoms with Crippen LogP contribution < -0.4 is 5.73 Å². The van der Waals surface area contributed by atoms with E-state index in [1.807, 2.05) is 0 Å². The van der Waals surface area contributed by atoms with E-state index < -0.39 is 0 Å². The number of unbranched alkanes of at least 4 members (excludes halogenated alkanes) is 1. The Kier molecular flexibility index (Phi) is 6.32. The fourth-order valence-electron chi connectivity index (χ4n) is 2.55. The van der Waals surface area contributed by atoms with Crippen LogP contribution in [0.2, 0.25) is 0 Å². The van der Waals surface area contributed by atoms with Crippen molar-refractivity contribution in [3.63, 3.8) is 0 Å². The van der Waals surface area contributed by atoms with E-state index in [2.05, 4.69) is 30.6 Å². The molecule has 0 aliphatic carbocycles. The largest absolute Gasteiger partial charge is 0.328 e. The summed E-state index contributed by atoms with van der Waals surface area (Å²) < 4.78 is 0. The molecule has 2 atom stereocenters. The smallest absolute Gasteiger partial charge is 0.0195 e. The zero-order valence-electron chi connectivity index (χ0n) is 11.3. The Balaban J connectivity index is 2.10. The van der Waals surface area contributed by atoms with E-state index in [-0.39, 0.29) is 0 Å². The van der Waals surface area contributed by atoms with Gasteiger partial charge in [0.05, 0.1) is 0 Å². The zero-order valence-corrected chi connectivity index (χ0v) is 11.3. The number of hydrogen-bond acceptors (Lipinski definition) is 3. The quantitative estimate of drug-likeness (QED) is 0.699. The van der Waals surface area contributed by atoms with Crippen LogP contribution in [-0.2, 0) is 0 Å². The lowest BCUT2D eigenvalue weighted by atomic mass is 10.1. The van der Waals surface area contributed by atoms with E-state index in [0.29, 0.717) is 6.04 Å². The van der Waals surface area contributed by atoms with Crippen LogP contribution in [0.5, 0.6) is 0 Å². The Morgan fingerprint density at radius 2 is 2.06 bits per heavy atom. The minimum Gasteiger partial charge on any atom is -0.328 e. The highest BCUT2D eigenvalue weighted by Gasteiger charge is 2.21. The van der Waals surface area contributed by atoms with E-state index in [0.717, 1.165) is 6.04 Å².